The number of methoxy groups -OCH3 is 1. The molecule has 0 atom stereocenters. The molecule has 0 saturated carbocycles. The molecular weight excluding hydrogens is 642 g/mol. The van der Waals surface area contributed by atoms with Crippen molar-refractivity contribution in [1.29, 1.82) is 0 Å². The second-order valence-electron chi connectivity index (χ2n) is 7.81. The van der Waals surface area contributed by atoms with Crippen molar-refractivity contribution in [3.8, 4) is 11.5 Å². The molecule has 4 rings (SSSR count). The number of halogens is 3. The summed E-state index contributed by atoms with van der Waals surface area (Å²) in [5, 5.41) is 4.98. The molecule has 0 aliphatic rings. The van der Waals surface area contributed by atoms with E-state index >= 15 is 0 Å². The van der Waals surface area contributed by atoms with Gasteiger partial charge in [0.2, 0.25) is 0 Å². The van der Waals surface area contributed by atoms with Gasteiger partial charge in [0.15, 0.2) is 11.5 Å². The molecule has 0 bridgehead atoms. The number of rotatable bonds is 7. The van der Waals surface area contributed by atoms with Crippen LogP contribution in [0.5, 0.6) is 11.5 Å². The number of hydrogen-bond acceptors (Lipinski definition) is 5. The van der Waals surface area contributed by atoms with Crippen molar-refractivity contribution in [3.05, 3.63) is 94.8 Å². The Morgan fingerprint density at radius 1 is 1.09 bits per heavy atom. The largest absolute Gasteiger partial charge is 0.493 e. The van der Waals surface area contributed by atoms with Crippen LogP contribution >= 0.6 is 47.8 Å². The molecule has 0 amide bonds. The normalized spacial score (nSPS) is 11.4. The highest BCUT2D eigenvalue weighted by Gasteiger charge is 2.17. The summed E-state index contributed by atoms with van der Waals surface area (Å²) in [7, 11) is 1.58. The lowest BCUT2D eigenvalue weighted by Crippen LogP contribution is -2.22. The van der Waals surface area contributed by atoms with Crippen molar-refractivity contribution >= 4 is 64.9 Å². The Hall–Kier alpha value is -2.49. The first-order valence-corrected chi connectivity index (χ1v) is 13.2. The molecule has 4 aromatic rings. The van der Waals surface area contributed by atoms with Gasteiger partial charge < -0.3 is 9.47 Å². The molecule has 6 nitrogen and oxygen atoms in total. The lowest BCUT2D eigenvalue weighted by Gasteiger charge is -2.15. The van der Waals surface area contributed by atoms with Crippen LogP contribution in [-0.2, 0) is 13.0 Å². The third kappa shape index (κ3) is 5.52. The summed E-state index contributed by atoms with van der Waals surface area (Å²) in [4.78, 5) is 17.8. The minimum Gasteiger partial charge on any atom is -0.493 e. The van der Waals surface area contributed by atoms with Gasteiger partial charge in [0.25, 0.3) is 5.56 Å². The lowest BCUT2D eigenvalue weighted by molar-refractivity contribution is 0.282. The Labute approximate surface area is 228 Å². The van der Waals surface area contributed by atoms with Crippen molar-refractivity contribution in [3.63, 3.8) is 0 Å². The molecule has 0 N–H and O–H groups in total. The van der Waals surface area contributed by atoms with Crippen LogP contribution in [0.25, 0.3) is 10.9 Å². The van der Waals surface area contributed by atoms with Gasteiger partial charge in [-0.25, -0.2) is 4.98 Å². The molecule has 0 radical (unpaired) electrons. The summed E-state index contributed by atoms with van der Waals surface area (Å²) in [6.45, 7) is 4.38. The van der Waals surface area contributed by atoms with Gasteiger partial charge in [0.1, 0.15) is 12.4 Å². The molecule has 0 spiro atoms. The number of aromatic nitrogens is 2. The SMILES string of the molecule is CCc1nc2ccc(Br)cc2c(=O)n1N=Cc1cc(OC)c(OCc2cccc(C)c2)c(Br)c1Br. The topological polar surface area (TPSA) is 65.7 Å². The fraction of sp³-hybridized carbons (Fsp3) is 0.192. The van der Waals surface area contributed by atoms with E-state index in [4.69, 9.17) is 9.47 Å². The minimum absolute atomic E-state index is 0.232. The molecule has 35 heavy (non-hydrogen) atoms. The summed E-state index contributed by atoms with van der Waals surface area (Å²) in [6, 6.07) is 15.4. The average Bonchev–Trinajstić information content (AvgIpc) is 2.85. The molecular formula is C26H22Br3N3O3. The molecule has 9 heteroatoms. The molecule has 1 heterocycles. The first kappa shape index (κ1) is 25.6. The molecule has 3 aromatic carbocycles. The van der Waals surface area contributed by atoms with Gasteiger partial charge in [-0.1, -0.05) is 52.7 Å². The van der Waals surface area contributed by atoms with Crippen molar-refractivity contribution in [2.45, 2.75) is 26.9 Å². The van der Waals surface area contributed by atoms with Gasteiger partial charge in [-0.05, 0) is 68.6 Å². The van der Waals surface area contributed by atoms with E-state index in [1.165, 1.54) is 10.2 Å². The summed E-state index contributed by atoms with van der Waals surface area (Å²) >= 11 is 10.7. The number of ether oxygens (including phenoxy) is 2. The lowest BCUT2D eigenvalue weighted by atomic mass is 10.1. The van der Waals surface area contributed by atoms with Gasteiger partial charge in [-0.3, -0.25) is 4.79 Å². The van der Waals surface area contributed by atoms with E-state index < -0.39 is 0 Å². The second kappa shape index (κ2) is 11.1. The number of nitrogens with zero attached hydrogens (tertiary/aromatic N) is 3. The van der Waals surface area contributed by atoms with E-state index in [1.54, 1.807) is 19.4 Å². The predicted octanol–water partition coefficient (Wildman–Crippen LogP) is 7.02. The summed E-state index contributed by atoms with van der Waals surface area (Å²) in [5.41, 5.74) is 3.34. The zero-order chi connectivity index (χ0) is 25.1. The molecule has 1 aromatic heterocycles. The number of benzene rings is 3. The number of fused-ring (bicyclic) bond motifs is 1. The number of aryl methyl sites for hydroxylation is 2. The Balaban J connectivity index is 1.71. The number of hydrogen-bond donors (Lipinski definition) is 0. The maximum Gasteiger partial charge on any atom is 0.282 e. The molecule has 0 aliphatic carbocycles. The highest BCUT2D eigenvalue weighted by molar-refractivity contribution is 9.13. The van der Waals surface area contributed by atoms with Crippen LogP contribution in [0.3, 0.4) is 0 Å². The second-order valence-corrected chi connectivity index (χ2v) is 10.3. The van der Waals surface area contributed by atoms with Gasteiger partial charge in [-0.15, -0.1) is 0 Å². The fourth-order valence-electron chi connectivity index (χ4n) is 3.60. The molecule has 180 valence electrons. The molecule has 0 aliphatic heterocycles. The van der Waals surface area contributed by atoms with Gasteiger partial charge in [0, 0.05) is 20.9 Å². The van der Waals surface area contributed by atoms with Crippen LogP contribution in [0.4, 0.5) is 0 Å². The highest BCUT2D eigenvalue weighted by Crippen LogP contribution is 2.42. The molecule has 0 saturated heterocycles. The quantitative estimate of drug-likeness (QED) is 0.199. The third-order valence-corrected chi connectivity index (χ3v) is 7.98. The van der Waals surface area contributed by atoms with E-state index in [2.05, 4.69) is 63.9 Å². The Bertz CT molecular complexity index is 1500. The smallest absolute Gasteiger partial charge is 0.282 e. The fourth-order valence-corrected chi connectivity index (χ4v) is 4.90. The van der Waals surface area contributed by atoms with E-state index in [0.717, 1.165) is 14.5 Å². The van der Waals surface area contributed by atoms with Gasteiger partial charge in [0.05, 0.1) is 28.7 Å². The van der Waals surface area contributed by atoms with Crippen LogP contribution in [-0.4, -0.2) is 23.0 Å². The minimum atomic E-state index is -0.232. The summed E-state index contributed by atoms with van der Waals surface area (Å²) < 4.78 is 15.3. The van der Waals surface area contributed by atoms with Crippen LogP contribution in [0.2, 0.25) is 0 Å². The zero-order valence-electron chi connectivity index (χ0n) is 19.3. The van der Waals surface area contributed by atoms with Crippen molar-refractivity contribution < 1.29 is 9.47 Å². The highest BCUT2D eigenvalue weighted by atomic mass is 79.9. The first-order valence-electron chi connectivity index (χ1n) is 10.8. The maximum atomic E-state index is 13.2. The van der Waals surface area contributed by atoms with Crippen LogP contribution < -0.4 is 15.0 Å². The van der Waals surface area contributed by atoms with Gasteiger partial charge >= 0.3 is 0 Å². The van der Waals surface area contributed by atoms with Crippen LogP contribution in [0, 0.1) is 6.92 Å². The van der Waals surface area contributed by atoms with E-state index in [1.807, 2.05) is 50.2 Å². The Morgan fingerprint density at radius 3 is 2.60 bits per heavy atom. The van der Waals surface area contributed by atoms with Crippen molar-refractivity contribution in [2.75, 3.05) is 7.11 Å². The Kier molecular flexibility index (Phi) is 8.09. The molecule has 0 fully saturated rings. The average molecular weight is 664 g/mol. The zero-order valence-corrected chi connectivity index (χ0v) is 24.1. The Morgan fingerprint density at radius 2 is 1.89 bits per heavy atom. The van der Waals surface area contributed by atoms with E-state index in [9.17, 15) is 4.79 Å². The monoisotopic (exact) mass is 661 g/mol. The van der Waals surface area contributed by atoms with E-state index in [-0.39, 0.29) is 5.56 Å². The van der Waals surface area contributed by atoms with Crippen LogP contribution in [0.15, 0.2) is 71.8 Å². The van der Waals surface area contributed by atoms with Gasteiger partial charge in [-0.2, -0.15) is 9.78 Å². The predicted molar refractivity (Wildman–Crippen MR) is 150 cm³/mol. The van der Waals surface area contributed by atoms with Crippen molar-refractivity contribution in [2.24, 2.45) is 5.10 Å². The standard InChI is InChI=1S/C26H22Br3N3O3/c1-4-22-31-20-9-8-18(27)12-19(20)26(33)32(22)30-13-17-11-21(34-3)25(24(29)23(17)28)35-14-16-7-5-6-15(2)10-16/h5-13H,4,14H2,1-3H3. The van der Waals surface area contributed by atoms with Crippen molar-refractivity contribution in [1.82, 2.24) is 9.66 Å². The molecule has 0 unspecified atom stereocenters. The maximum absolute atomic E-state index is 13.2. The summed E-state index contributed by atoms with van der Waals surface area (Å²) in [6.07, 6.45) is 2.16. The van der Waals surface area contributed by atoms with Crippen LogP contribution in [0.1, 0.15) is 29.4 Å². The third-order valence-electron chi connectivity index (χ3n) is 5.35. The van der Waals surface area contributed by atoms with E-state index in [0.29, 0.717) is 51.3 Å². The summed E-state index contributed by atoms with van der Waals surface area (Å²) in [5.74, 6) is 1.68. The first-order chi connectivity index (χ1) is 16.8.